The van der Waals surface area contributed by atoms with Gasteiger partial charge >= 0.3 is 0 Å². The Bertz CT molecular complexity index is 641. The van der Waals surface area contributed by atoms with Crippen LogP contribution in [0.5, 0.6) is 11.5 Å². The van der Waals surface area contributed by atoms with Crippen molar-refractivity contribution in [3.05, 3.63) is 51.7 Å². The molecule has 2 nitrogen and oxygen atoms in total. The highest BCUT2D eigenvalue weighted by molar-refractivity contribution is 9.10. The number of halogens is 2. The lowest BCUT2D eigenvalue weighted by Crippen LogP contribution is -1.96. The van der Waals surface area contributed by atoms with Crippen molar-refractivity contribution in [1.29, 1.82) is 0 Å². The molecule has 2 rings (SSSR count). The Morgan fingerprint density at radius 3 is 2.50 bits per heavy atom. The van der Waals surface area contributed by atoms with Gasteiger partial charge in [0, 0.05) is 12.1 Å². The predicted octanol–water partition coefficient (Wildman–Crippen LogP) is 5.39. The van der Waals surface area contributed by atoms with E-state index in [9.17, 15) is 4.39 Å². The minimum Gasteiger partial charge on any atom is -0.455 e. The molecule has 0 aromatic heterocycles. The fourth-order valence-electron chi connectivity index (χ4n) is 1.84. The van der Waals surface area contributed by atoms with E-state index < -0.39 is 5.82 Å². The molecule has 0 unspecified atom stereocenters. The molecule has 2 aromatic rings. The highest BCUT2D eigenvalue weighted by atomic mass is 79.9. The molecule has 4 heteroatoms. The largest absolute Gasteiger partial charge is 0.455 e. The van der Waals surface area contributed by atoms with E-state index in [2.05, 4.69) is 35.8 Å². The smallest absolute Gasteiger partial charge is 0.151 e. The van der Waals surface area contributed by atoms with Gasteiger partial charge in [-0.2, -0.15) is 0 Å². The third-order valence-electron chi connectivity index (χ3n) is 3.15. The lowest BCUT2D eigenvalue weighted by Gasteiger charge is -2.14. The SMILES string of the molecule is Cc1ccc(C(C)C)cc1Oc1cc(Br)c(F)cc1N. The Labute approximate surface area is 126 Å². The molecular formula is C16H17BrFNO. The second kappa shape index (κ2) is 5.83. The summed E-state index contributed by atoms with van der Waals surface area (Å²) in [6.45, 7) is 6.21. The molecule has 0 aliphatic heterocycles. The van der Waals surface area contributed by atoms with Crippen LogP contribution in [-0.4, -0.2) is 0 Å². The van der Waals surface area contributed by atoms with Crippen molar-refractivity contribution >= 4 is 21.6 Å². The van der Waals surface area contributed by atoms with Crippen LogP contribution in [0, 0.1) is 12.7 Å². The first-order valence-corrected chi connectivity index (χ1v) is 7.20. The van der Waals surface area contributed by atoms with Crippen LogP contribution >= 0.6 is 15.9 Å². The standard InChI is InChI=1S/C16H17BrFNO/c1-9(2)11-5-4-10(3)15(6-11)20-16-7-12(17)13(18)8-14(16)19/h4-9H,19H2,1-3H3. The van der Waals surface area contributed by atoms with Gasteiger partial charge in [0.15, 0.2) is 5.75 Å². The normalized spacial score (nSPS) is 10.9. The number of hydrogen-bond acceptors (Lipinski definition) is 2. The molecule has 0 saturated carbocycles. The molecular weight excluding hydrogens is 321 g/mol. The second-order valence-electron chi connectivity index (χ2n) is 5.09. The summed E-state index contributed by atoms with van der Waals surface area (Å²) in [7, 11) is 0. The van der Waals surface area contributed by atoms with E-state index >= 15 is 0 Å². The molecule has 0 aliphatic carbocycles. The number of rotatable bonds is 3. The highest BCUT2D eigenvalue weighted by Crippen LogP contribution is 2.34. The molecule has 0 heterocycles. The molecule has 0 spiro atoms. The number of anilines is 1. The van der Waals surface area contributed by atoms with Crippen LogP contribution in [-0.2, 0) is 0 Å². The molecule has 20 heavy (non-hydrogen) atoms. The fraction of sp³-hybridized carbons (Fsp3) is 0.250. The zero-order chi connectivity index (χ0) is 14.9. The van der Waals surface area contributed by atoms with E-state index in [1.807, 2.05) is 19.1 Å². The van der Waals surface area contributed by atoms with Crippen molar-refractivity contribution in [2.45, 2.75) is 26.7 Å². The van der Waals surface area contributed by atoms with Gasteiger partial charge < -0.3 is 10.5 Å². The highest BCUT2D eigenvalue weighted by Gasteiger charge is 2.11. The van der Waals surface area contributed by atoms with Crippen LogP contribution in [0.1, 0.15) is 30.9 Å². The van der Waals surface area contributed by atoms with E-state index in [0.717, 1.165) is 11.3 Å². The van der Waals surface area contributed by atoms with Crippen LogP contribution in [0.3, 0.4) is 0 Å². The Hall–Kier alpha value is -1.55. The lowest BCUT2D eigenvalue weighted by molar-refractivity contribution is 0.477. The maximum absolute atomic E-state index is 13.4. The third kappa shape index (κ3) is 3.12. The van der Waals surface area contributed by atoms with E-state index in [1.54, 1.807) is 6.07 Å². The lowest BCUT2D eigenvalue weighted by atomic mass is 10.0. The maximum Gasteiger partial charge on any atom is 0.151 e. The van der Waals surface area contributed by atoms with Crippen molar-refractivity contribution in [3.63, 3.8) is 0 Å². The molecule has 0 fully saturated rings. The summed E-state index contributed by atoms with van der Waals surface area (Å²) in [6, 6.07) is 8.89. The fourth-order valence-corrected chi connectivity index (χ4v) is 2.16. The van der Waals surface area contributed by atoms with Gasteiger partial charge in [0.05, 0.1) is 10.2 Å². The van der Waals surface area contributed by atoms with E-state index in [4.69, 9.17) is 10.5 Å². The Balaban J connectivity index is 2.39. The van der Waals surface area contributed by atoms with Crippen LogP contribution in [0.2, 0.25) is 0 Å². The summed E-state index contributed by atoms with van der Waals surface area (Å²) >= 11 is 3.14. The van der Waals surface area contributed by atoms with Gasteiger partial charge in [0.2, 0.25) is 0 Å². The average Bonchev–Trinajstić information content (AvgIpc) is 2.38. The maximum atomic E-state index is 13.4. The molecule has 0 aliphatic rings. The van der Waals surface area contributed by atoms with Crippen molar-refractivity contribution in [2.24, 2.45) is 0 Å². The Kier molecular flexibility index (Phi) is 4.33. The molecule has 0 atom stereocenters. The van der Waals surface area contributed by atoms with Crippen molar-refractivity contribution in [2.75, 3.05) is 5.73 Å². The first kappa shape index (κ1) is 14.9. The Morgan fingerprint density at radius 1 is 1.15 bits per heavy atom. The third-order valence-corrected chi connectivity index (χ3v) is 3.76. The van der Waals surface area contributed by atoms with Crippen LogP contribution in [0.15, 0.2) is 34.8 Å². The van der Waals surface area contributed by atoms with Gasteiger partial charge in [-0.15, -0.1) is 0 Å². The topological polar surface area (TPSA) is 35.2 Å². The van der Waals surface area contributed by atoms with Crippen molar-refractivity contribution in [3.8, 4) is 11.5 Å². The van der Waals surface area contributed by atoms with Crippen molar-refractivity contribution < 1.29 is 9.13 Å². The van der Waals surface area contributed by atoms with Gasteiger partial charge in [-0.3, -0.25) is 0 Å². The first-order valence-electron chi connectivity index (χ1n) is 6.41. The average molecular weight is 338 g/mol. The van der Waals surface area contributed by atoms with Gasteiger partial charge in [-0.25, -0.2) is 4.39 Å². The summed E-state index contributed by atoms with van der Waals surface area (Å²) in [5.41, 5.74) is 8.27. The van der Waals surface area contributed by atoms with Gasteiger partial charge in [0.25, 0.3) is 0 Å². The summed E-state index contributed by atoms with van der Waals surface area (Å²) in [6.07, 6.45) is 0. The molecule has 106 valence electrons. The van der Waals surface area contributed by atoms with E-state index in [-0.39, 0.29) is 5.69 Å². The van der Waals surface area contributed by atoms with Crippen LogP contribution < -0.4 is 10.5 Å². The number of aryl methyl sites for hydroxylation is 1. The molecule has 2 aromatic carbocycles. The number of nitrogens with two attached hydrogens (primary N) is 1. The molecule has 2 N–H and O–H groups in total. The number of ether oxygens (including phenoxy) is 1. The molecule has 0 amide bonds. The van der Waals surface area contributed by atoms with Crippen molar-refractivity contribution in [1.82, 2.24) is 0 Å². The monoisotopic (exact) mass is 337 g/mol. The summed E-state index contributed by atoms with van der Waals surface area (Å²) in [5, 5.41) is 0. The molecule has 0 radical (unpaired) electrons. The minimum absolute atomic E-state index is 0.278. The van der Waals surface area contributed by atoms with E-state index in [1.165, 1.54) is 11.6 Å². The van der Waals surface area contributed by atoms with Gasteiger partial charge in [0.1, 0.15) is 11.6 Å². The summed E-state index contributed by atoms with van der Waals surface area (Å²) in [5.74, 6) is 1.20. The summed E-state index contributed by atoms with van der Waals surface area (Å²) < 4.78 is 19.5. The van der Waals surface area contributed by atoms with Crippen LogP contribution in [0.25, 0.3) is 0 Å². The molecule has 0 bridgehead atoms. The quantitative estimate of drug-likeness (QED) is 0.761. The number of benzene rings is 2. The number of hydrogen-bond donors (Lipinski definition) is 1. The summed E-state index contributed by atoms with van der Waals surface area (Å²) in [4.78, 5) is 0. The van der Waals surface area contributed by atoms with Gasteiger partial charge in [-0.1, -0.05) is 26.0 Å². The van der Waals surface area contributed by atoms with Crippen LogP contribution in [0.4, 0.5) is 10.1 Å². The first-order chi connectivity index (χ1) is 9.38. The minimum atomic E-state index is -0.400. The zero-order valence-electron chi connectivity index (χ0n) is 11.7. The Morgan fingerprint density at radius 2 is 1.85 bits per heavy atom. The van der Waals surface area contributed by atoms with E-state index in [0.29, 0.717) is 16.1 Å². The second-order valence-corrected chi connectivity index (χ2v) is 5.94. The predicted molar refractivity (Wildman–Crippen MR) is 83.9 cm³/mol. The molecule has 0 saturated heterocycles. The number of nitrogen functional groups attached to an aromatic ring is 1. The van der Waals surface area contributed by atoms with Gasteiger partial charge in [-0.05, 0) is 46.0 Å². The zero-order valence-corrected chi connectivity index (χ0v) is 13.3.